The second kappa shape index (κ2) is 9.19. The zero-order valence-electron chi connectivity index (χ0n) is 19.2. The highest BCUT2D eigenvalue weighted by molar-refractivity contribution is 5.87. The first-order valence-corrected chi connectivity index (χ1v) is 11.3. The van der Waals surface area contributed by atoms with Gasteiger partial charge in [-0.1, -0.05) is 0 Å². The Kier molecular flexibility index (Phi) is 5.96. The molecule has 7 heteroatoms. The van der Waals surface area contributed by atoms with Crippen LogP contribution in [0.15, 0.2) is 48.9 Å². The van der Waals surface area contributed by atoms with Gasteiger partial charge in [-0.3, -0.25) is 4.98 Å². The standard InChI is InChI=1S/C26H28N4O3/c1-17-6-9-27-22-12-19(4-5-20(17)22)33-26-21-13-24(31-3)25(14-23(21)28-16-29-26)32-15-18-7-10-30(2)11-8-18/h4-6,9,12-14,16,18H,7-8,10-11,15H2,1-3H3. The molecule has 3 heterocycles. The minimum atomic E-state index is 0.465. The van der Waals surface area contributed by atoms with E-state index >= 15 is 0 Å². The molecule has 7 nitrogen and oxygen atoms in total. The molecule has 5 rings (SSSR count). The van der Waals surface area contributed by atoms with Crippen LogP contribution in [0.25, 0.3) is 21.8 Å². The van der Waals surface area contributed by atoms with Crippen molar-refractivity contribution in [3.63, 3.8) is 0 Å². The van der Waals surface area contributed by atoms with Gasteiger partial charge < -0.3 is 19.1 Å². The van der Waals surface area contributed by atoms with Crippen molar-refractivity contribution < 1.29 is 14.2 Å². The van der Waals surface area contributed by atoms with E-state index in [1.54, 1.807) is 13.3 Å². The van der Waals surface area contributed by atoms with Crippen LogP contribution in [-0.2, 0) is 0 Å². The first-order chi connectivity index (χ1) is 16.1. The van der Waals surface area contributed by atoms with Gasteiger partial charge in [0.15, 0.2) is 11.5 Å². The number of piperidine rings is 1. The van der Waals surface area contributed by atoms with Gasteiger partial charge in [0.25, 0.3) is 0 Å². The molecule has 1 fully saturated rings. The van der Waals surface area contributed by atoms with Crippen molar-refractivity contribution in [1.82, 2.24) is 19.9 Å². The third-order valence-corrected chi connectivity index (χ3v) is 6.34. The molecule has 0 aliphatic carbocycles. The lowest BCUT2D eigenvalue weighted by atomic mass is 9.98. The predicted molar refractivity (Wildman–Crippen MR) is 128 cm³/mol. The van der Waals surface area contributed by atoms with Crippen molar-refractivity contribution in [2.24, 2.45) is 5.92 Å². The quantitative estimate of drug-likeness (QED) is 0.414. The molecule has 1 aliphatic rings. The number of hydrogen-bond acceptors (Lipinski definition) is 7. The van der Waals surface area contributed by atoms with E-state index in [2.05, 4.69) is 33.8 Å². The molecule has 33 heavy (non-hydrogen) atoms. The number of nitrogens with zero attached hydrogens (tertiary/aromatic N) is 4. The predicted octanol–water partition coefficient (Wildman–Crippen LogP) is 5.01. The third kappa shape index (κ3) is 4.54. The Morgan fingerprint density at radius 3 is 2.58 bits per heavy atom. The lowest BCUT2D eigenvalue weighted by Gasteiger charge is -2.28. The summed E-state index contributed by atoms with van der Waals surface area (Å²) in [6.45, 7) is 4.97. The van der Waals surface area contributed by atoms with Gasteiger partial charge in [0.2, 0.25) is 5.88 Å². The smallest absolute Gasteiger partial charge is 0.230 e. The number of aromatic nitrogens is 3. The van der Waals surface area contributed by atoms with Gasteiger partial charge in [-0.15, -0.1) is 0 Å². The van der Waals surface area contributed by atoms with Gasteiger partial charge in [-0.2, -0.15) is 0 Å². The third-order valence-electron chi connectivity index (χ3n) is 6.34. The summed E-state index contributed by atoms with van der Waals surface area (Å²) in [6, 6.07) is 11.7. The van der Waals surface area contributed by atoms with Gasteiger partial charge in [0.05, 0.1) is 30.1 Å². The monoisotopic (exact) mass is 444 g/mol. The van der Waals surface area contributed by atoms with E-state index in [1.165, 1.54) is 11.9 Å². The van der Waals surface area contributed by atoms with Crippen LogP contribution >= 0.6 is 0 Å². The Morgan fingerprint density at radius 1 is 0.939 bits per heavy atom. The Morgan fingerprint density at radius 2 is 1.76 bits per heavy atom. The van der Waals surface area contributed by atoms with E-state index in [9.17, 15) is 0 Å². The molecule has 0 N–H and O–H groups in total. The summed E-state index contributed by atoms with van der Waals surface area (Å²) in [4.78, 5) is 15.6. The average molecular weight is 445 g/mol. The number of methoxy groups -OCH3 is 1. The molecular weight excluding hydrogens is 416 g/mol. The van der Waals surface area contributed by atoms with Gasteiger partial charge in [0.1, 0.15) is 12.1 Å². The van der Waals surface area contributed by atoms with Crippen molar-refractivity contribution in [2.75, 3.05) is 33.9 Å². The fourth-order valence-electron chi connectivity index (χ4n) is 4.28. The molecule has 2 aromatic carbocycles. The van der Waals surface area contributed by atoms with Crippen molar-refractivity contribution in [3.8, 4) is 23.1 Å². The summed E-state index contributed by atoms with van der Waals surface area (Å²) < 4.78 is 18.0. The van der Waals surface area contributed by atoms with E-state index in [1.807, 2.05) is 36.4 Å². The molecule has 1 saturated heterocycles. The number of ether oxygens (including phenoxy) is 3. The van der Waals surface area contributed by atoms with Crippen molar-refractivity contribution in [2.45, 2.75) is 19.8 Å². The summed E-state index contributed by atoms with van der Waals surface area (Å²) in [5, 5.41) is 1.86. The minimum absolute atomic E-state index is 0.465. The highest BCUT2D eigenvalue weighted by Crippen LogP contribution is 2.37. The average Bonchev–Trinajstić information content (AvgIpc) is 2.83. The van der Waals surface area contributed by atoms with Crippen LogP contribution in [0, 0.1) is 12.8 Å². The molecule has 0 bridgehead atoms. The number of pyridine rings is 1. The fourth-order valence-corrected chi connectivity index (χ4v) is 4.28. The molecule has 0 unspecified atom stereocenters. The molecule has 2 aromatic heterocycles. The number of benzene rings is 2. The van der Waals surface area contributed by atoms with E-state index in [4.69, 9.17) is 14.2 Å². The van der Waals surface area contributed by atoms with Crippen molar-refractivity contribution in [1.29, 1.82) is 0 Å². The molecule has 0 radical (unpaired) electrons. The number of hydrogen-bond donors (Lipinski definition) is 0. The summed E-state index contributed by atoms with van der Waals surface area (Å²) in [5.41, 5.74) is 2.80. The van der Waals surface area contributed by atoms with E-state index in [0.717, 1.165) is 47.7 Å². The van der Waals surface area contributed by atoms with Crippen LogP contribution in [0.4, 0.5) is 0 Å². The lowest BCUT2D eigenvalue weighted by molar-refractivity contribution is 0.157. The van der Waals surface area contributed by atoms with E-state index in [0.29, 0.717) is 35.7 Å². The van der Waals surface area contributed by atoms with Crippen LogP contribution in [0.1, 0.15) is 18.4 Å². The van der Waals surface area contributed by atoms with Gasteiger partial charge >= 0.3 is 0 Å². The normalized spacial score (nSPS) is 15.1. The second-order valence-electron chi connectivity index (χ2n) is 8.67. The molecule has 0 spiro atoms. The van der Waals surface area contributed by atoms with E-state index in [-0.39, 0.29) is 0 Å². The van der Waals surface area contributed by atoms with Crippen LogP contribution < -0.4 is 14.2 Å². The van der Waals surface area contributed by atoms with Crippen LogP contribution in [0.2, 0.25) is 0 Å². The zero-order valence-corrected chi connectivity index (χ0v) is 19.2. The Bertz CT molecular complexity index is 1290. The number of fused-ring (bicyclic) bond motifs is 2. The molecule has 0 amide bonds. The largest absolute Gasteiger partial charge is 0.493 e. The first kappa shape index (κ1) is 21.4. The Labute approximate surface area is 193 Å². The Balaban J connectivity index is 1.41. The molecule has 0 saturated carbocycles. The van der Waals surface area contributed by atoms with Crippen molar-refractivity contribution in [3.05, 3.63) is 54.5 Å². The summed E-state index contributed by atoms with van der Waals surface area (Å²) in [7, 11) is 3.81. The maximum Gasteiger partial charge on any atom is 0.230 e. The number of likely N-dealkylation sites (tertiary alicyclic amines) is 1. The molecule has 170 valence electrons. The molecule has 0 atom stereocenters. The van der Waals surface area contributed by atoms with Crippen LogP contribution in [0.5, 0.6) is 23.1 Å². The van der Waals surface area contributed by atoms with Gasteiger partial charge in [0, 0.05) is 23.7 Å². The topological polar surface area (TPSA) is 69.6 Å². The summed E-state index contributed by atoms with van der Waals surface area (Å²) in [6.07, 6.45) is 5.60. The van der Waals surface area contributed by atoms with Gasteiger partial charge in [-0.25, -0.2) is 9.97 Å². The number of rotatable bonds is 6. The maximum atomic E-state index is 6.18. The zero-order chi connectivity index (χ0) is 22.8. The summed E-state index contributed by atoms with van der Waals surface area (Å²) >= 11 is 0. The first-order valence-electron chi connectivity index (χ1n) is 11.3. The van der Waals surface area contributed by atoms with Crippen LogP contribution in [-0.4, -0.2) is 53.7 Å². The fraction of sp³-hybridized carbons (Fsp3) is 0.346. The Hall–Kier alpha value is -3.45. The number of aryl methyl sites for hydroxylation is 1. The minimum Gasteiger partial charge on any atom is -0.493 e. The molecular formula is C26H28N4O3. The van der Waals surface area contributed by atoms with Crippen molar-refractivity contribution >= 4 is 21.8 Å². The maximum absolute atomic E-state index is 6.18. The second-order valence-corrected chi connectivity index (χ2v) is 8.67. The highest BCUT2D eigenvalue weighted by atomic mass is 16.5. The molecule has 4 aromatic rings. The van der Waals surface area contributed by atoms with E-state index < -0.39 is 0 Å². The lowest BCUT2D eigenvalue weighted by Crippen LogP contribution is -2.32. The summed E-state index contributed by atoms with van der Waals surface area (Å²) in [5.74, 6) is 3.02. The molecule has 1 aliphatic heterocycles. The van der Waals surface area contributed by atoms with Gasteiger partial charge in [-0.05, 0) is 75.6 Å². The van der Waals surface area contributed by atoms with Crippen LogP contribution in [0.3, 0.4) is 0 Å². The SMILES string of the molecule is COc1cc2c(Oc3ccc4c(C)ccnc4c3)ncnc2cc1OCC1CCN(C)CC1. The highest BCUT2D eigenvalue weighted by Gasteiger charge is 2.19.